The first-order valence-corrected chi connectivity index (χ1v) is 11.0. The molecule has 1 atom stereocenters. The van der Waals surface area contributed by atoms with Crippen LogP contribution in [0.4, 0.5) is 8.78 Å². The summed E-state index contributed by atoms with van der Waals surface area (Å²) in [6.45, 7) is 5.12. The van der Waals surface area contributed by atoms with Crippen molar-refractivity contribution in [2.45, 2.75) is 29.5 Å². The van der Waals surface area contributed by atoms with E-state index in [1.54, 1.807) is 0 Å². The highest BCUT2D eigenvalue weighted by atomic mass is 32.2. The van der Waals surface area contributed by atoms with E-state index in [2.05, 4.69) is 11.5 Å². The lowest BCUT2D eigenvalue weighted by molar-refractivity contribution is 0.120. The maximum atomic E-state index is 15.6. The molecule has 1 fully saturated rings. The van der Waals surface area contributed by atoms with E-state index in [9.17, 15) is 12.8 Å². The van der Waals surface area contributed by atoms with Crippen LogP contribution in [-0.4, -0.2) is 38.0 Å². The van der Waals surface area contributed by atoms with Crippen LogP contribution in [0.2, 0.25) is 0 Å². The maximum absolute atomic E-state index is 15.6. The second-order valence-electron chi connectivity index (χ2n) is 7.21. The Hall–Kier alpha value is -2.05. The molecule has 0 bridgehead atoms. The van der Waals surface area contributed by atoms with E-state index in [-0.39, 0.29) is 12.8 Å². The van der Waals surface area contributed by atoms with Crippen molar-refractivity contribution in [2.75, 3.05) is 19.6 Å². The predicted octanol–water partition coefficient (Wildman–Crippen LogP) is 4.47. The first-order chi connectivity index (χ1) is 13.4. The fraction of sp³-hybridized carbons (Fsp3) is 0.364. The first-order valence-electron chi connectivity index (χ1n) is 9.42. The van der Waals surface area contributed by atoms with E-state index >= 15 is 4.39 Å². The summed E-state index contributed by atoms with van der Waals surface area (Å²) in [5.74, 6) is -0.467. The van der Waals surface area contributed by atoms with Gasteiger partial charge in [-0.3, -0.25) is 0 Å². The minimum Gasteiger partial charge on any atom is -0.303 e. The Bertz CT molecular complexity index is 890. The zero-order valence-corrected chi connectivity index (χ0v) is 16.5. The van der Waals surface area contributed by atoms with Crippen LogP contribution in [0.25, 0.3) is 0 Å². The Labute approximate surface area is 165 Å². The average Bonchev–Trinajstić information content (AvgIpc) is 2.70. The molecule has 3 rings (SSSR count). The summed E-state index contributed by atoms with van der Waals surface area (Å²) in [6.07, 6.45) is 1.93. The van der Waals surface area contributed by atoms with Gasteiger partial charge in [-0.25, -0.2) is 17.2 Å². The van der Waals surface area contributed by atoms with Crippen molar-refractivity contribution >= 4 is 9.84 Å². The van der Waals surface area contributed by atoms with Crippen molar-refractivity contribution in [3.05, 3.63) is 84.2 Å². The lowest BCUT2D eigenvalue weighted by Gasteiger charge is -2.37. The summed E-state index contributed by atoms with van der Waals surface area (Å²) in [5, 5.41) is -3.49. The lowest BCUT2D eigenvalue weighted by Crippen LogP contribution is -2.48. The van der Waals surface area contributed by atoms with Crippen LogP contribution in [0.15, 0.2) is 67.3 Å². The molecule has 0 aromatic heterocycles. The summed E-state index contributed by atoms with van der Waals surface area (Å²) in [7, 11) is -4.16. The van der Waals surface area contributed by atoms with Gasteiger partial charge in [0.25, 0.3) is 0 Å². The molecule has 6 heteroatoms. The number of sulfone groups is 1. The molecule has 0 N–H and O–H groups in total. The predicted molar refractivity (Wildman–Crippen MR) is 108 cm³/mol. The van der Waals surface area contributed by atoms with Crippen LogP contribution in [0.3, 0.4) is 0 Å². The highest BCUT2D eigenvalue weighted by Crippen LogP contribution is 2.40. The smallest absolute Gasteiger partial charge is 0.214 e. The van der Waals surface area contributed by atoms with Crippen molar-refractivity contribution < 1.29 is 17.2 Å². The van der Waals surface area contributed by atoms with Crippen molar-refractivity contribution in [3.8, 4) is 0 Å². The van der Waals surface area contributed by atoms with E-state index < -0.39 is 25.9 Å². The summed E-state index contributed by atoms with van der Waals surface area (Å²) >= 11 is 0. The molecule has 150 valence electrons. The van der Waals surface area contributed by atoms with Crippen molar-refractivity contribution in [3.63, 3.8) is 0 Å². The largest absolute Gasteiger partial charge is 0.303 e. The number of hydrogen-bond donors (Lipinski definition) is 0. The summed E-state index contributed by atoms with van der Waals surface area (Å²) < 4.78 is 54.8. The third kappa shape index (κ3) is 4.33. The monoisotopic (exact) mass is 405 g/mol. The summed E-state index contributed by atoms with van der Waals surface area (Å²) in [4.78, 5) is 2.10. The SMILES string of the molecule is C=CC(c1ccc(F)cc1)S(=O)(=O)C1(F)CCN(CCc2ccccc2)CC1. The molecule has 0 saturated carbocycles. The Morgan fingerprint density at radius 1 is 1.07 bits per heavy atom. The standard InChI is InChI=1S/C22H25F2NO2S/c1-2-21(19-8-10-20(23)11-9-19)28(26,27)22(24)13-16-25(17-14-22)15-12-18-6-4-3-5-7-18/h2-11,21H,1,12-17H2. The van der Waals surface area contributed by atoms with Crippen LogP contribution < -0.4 is 0 Å². The summed E-state index contributed by atoms with van der Waals surface area (Å²) in [6, 6.07) is 15.1. The van der Waals surface area contributed by atoms with Crippen LogP contribution in [0, 0.1) is 5.82 Å². The Morgan fingerprint density at radius 2 is 1.68 bits per heavy atom. The van der Waals surface area contributed by atoms with E-state index in [0.717, 1.165) is 13.0 Å². The fourth-order valence-electron chi connectivity index (χ4n) is 3.65. The number of hydrogen-bond acceptors (Lipinski definition) is 3. The molecule has 3 nitrogen and oxygen atoms in total. The molecular formula is C22H25F2NO2S. The van der Waals surface area contributed by atoms with Gasteiger partial charge in [0.15, 0.2) is 9.84 Å². The Kier molecular flexibility index (Phi) is 6.30. The second kappa shape index (κ2) is 8.53. The topological polar surface area (TPSA) is 37.4 Å². The van der Waals surface area contributed by atoms with Gasteiger partial charge >= 0.3 is 0 Å². The van der Waals surface area contributed by atoms with Crippen LogP contribution >= 0.6 is 0 Å². The average molecular weight is 406 g/mol. The highest BCUT2D eigenvalue weighted by Gasteiger charge is 2.49. The van der Waals surface area contributed by atoms with Crippen molar-refractivity contribution in [1.29, 1.82) is 0 Å². The molecule has 1 heterocycles. The number of nitrogens with zero attached hydrogens (tertiary/aromatic N) is 1. The van der Waals surface area contributed by atoms with Gasteiger partial charge in [-0.1, -0.05) is 48.5 Å². The maximum Gasteiger partial charge on any atom is 0.214 e. The third-order valence-corrected chi connectivity index (χ3v) is 7.98. The third-order valence-electron chi connectivity index (χ3n) is 5.42. The van der Waals surface area contributed by atoms with Gasteiger partial charge in [0, 0.05) is 32.5 Å². The van der Waals surface area contributed by atoms with Crippen LogP contribution in [-0.2, 0) is 16.3 Å². The molecule has 1 saturated heterocycles. The van der Waals surface area contributed by atoms with Gasteiger partial charge in [-0.2, -0.15) is 0 Å². The molecule has 2 aromatic carbocycles. The van der Waals surface area contributed by atoms with Gasteiger partial charge in [0.05, 0.1) is 0 Å². The van der Waals surface area contributed by atoms with Gasteiger partial charge in [0.2, 0.25) is 5.00 Å². The number of halogens is 2. The van der Waals surface area contributed by atoms with Gasteiger partial charge in [-0.15, -0.1) is 6.58 Å². The quantitative estimate of drug-likeness (QED) is 0.638. The lowest BCUT2D eigenvalue weighted by atomic mass is 10.1. The highest BCUT2D eigenvalue weighted by molar-refractivity contribution is 7.93. The molecule has 1 aliphatic rings. The minimum absolute atomic E-state index is 0.0738. The van der Waals surface area contributed by atoms with Crippen LogP contribution in [0.5, 0.6) is 0 Å². The second-order valence-corrected chi connectivity index (χ2v) is 9.54. The van der Waals surface area contributed by atoms with Crippen LogP contribution in [0.1, 0.15) is 29.2 Å². The van der Waals surface area contributed by atoms with Gasteiger partial charge in [0.1, 0.15) is 11.1 Å². The summed E-state index contributed by atoms with van der Waals surface area (Å²) in [5.41, 5.74) is 1.54. The normalized spacial score (nSPS) is 18.5. The molecule has 28 heavy (non-hydrogen) atoms. The fourth-order valence-corrected chi connectivity index (χ4v) is 5.62. The first kappa shape index (κ1) is 20.7. The number of likely N-dealkylation sites (tertiary alicyclic amines) is 1. The zero-order valence-electron chi connectivity index (χ0n) is 15.7. The minimum atomic E-state index is -4.16. The molecule has 1 aliphatic heterocycles. The Balaban J connectivity index is 1.67. The number of rotatable bonds is 7. The van der Waals surface area contributed by atoms with E-state index in [0.29, 0.717) is 18.7 Å². The van der Waals surface area contributed by atoms with E-state index in [1.165, 1.54) is 35.9 Å². The van der Waals surface area contributed by atoms with E-state index in [4.69, 9.17) is 0 Å². The molecule has 0 amide bonds. The van der Waals surface area contributed by atoms with Gasteiger partial charge in [-0.05, 0) is 29.7 Å². The zero-order chi connectivity index (χ0) is 20.2. The number of piperidine rings is 1. The number of alkyl halides is 1. The molecule has 0 aliphatic carbocycles. The molecule has 1 unspecified atom stereocenters. The molecular weight excluding hydrogens is 380 g/mol. The van der Waals surface area contributed by atoms with Crippen molar-refractivity contribution in [2.24, 2.45) is 0 Å². The number of benzene rings is 2. The van der Waals surface area contributed by atoms with Crippen molar-refractivity contribution in [1.82, 2.24) is 4.90 Å². The molecule has 0 radical (unpaired) electrons. The molecule has 0 spiro atoms. The molecule has 2 aromatic rings. The van der Waals surface area contributed by atoms with Gasteiger partial charge < -0.3 is 4.90 Å². The van der Waals surface area contributed by atoms with E-state index in [1.807, 2.05) is 30.3 Å². The Morgan fingerprint density at radius 3 is 2.25 bits per heavy atom.